The van der Waals surface area contributed by atoms with Gasteiger partial charge in [0.1, 0.15) is 23.7 Å². The van der Waals surface area contributed by atoms with Gasteiger partial charge in [0.05, 0.1) is 16.4 Å². The molecule has 0 bridgehead atoms. The Bertz CT molecular complexity index is 904. The van der Waals surface area contributed by atoms with Crippen LogP contribution >= 0.6 is 0 Å². The third-order valence-electron chi connectivity index (χ3n) is 4.71. The first-order chi connectivity index (χ1) is 13.6. The minimum Gasteiger partial charge on any atom is -0.459 e. The van der Waals surface area contributed by atoms with Crippen molar-refractivity contribution in [3.63, 3.8) is 0 Å². The van der Waals surface area contributed by atoms with Gasteiger partial charge in [-0.25, -0.2) is 0 Å². The van der Waals surface area contributed by atoms with Gasteiger partial charge in [-0.1, -0.05) is 5.16 Å². The molecule has 1 aromatic heterocycles. The van der Waals surface area contributed by atoms with Crippen LogP contribution in [0.4, 0.5) is 24.5 Å². The molecule has 1 aromatic carbocycles. The van der Waals surface area contributed by atoms with Crippen molar-refractivity contribution < 1.29 is 32.1 Å². The molecule has 1 aliphatic heterocycles. The predicted octanol–water partition coefficient (Wildman–Crippen LogP) is 3.87. The molecule has 3 rings (SSSR count). The van der Waals surface area contributed by atoms with Crippen molar-refractivity contribution in [2.24, 2.45) is 5.92 Å². The number of alkyl halides is 3. The van der Waals surface area contributed by atoms with Crippen LogP contribution in [0.3, 0.4) is 0 Å². The number of carbonyl (C=O) groups is 1. The molecular weight excluding hydrogens is 395 g/mol. The summed E-state index contributed by atoms with van der Waals surface area (Å²) in [7, 11) is 0. The van der Waals surface area contributed by atoms with Crippen LogP contribution in [0.5, 0.6) is 0 Å². The van der Waals surface area contributed by atoms with E-state index in [0.29, 0.717) is 30.4 Å². The monoisotopic (exact) mass is 413 g/mol. The summed E-state index contributed by atoms with van der Waals surface area (Å²) in [5, 5.41) is 15.0. The largest absolute Gasteiger partial charge is 0.459 e. The number of carbonyl (C=O) groups excluding carboxylic acids is 1. The van der Waals surface area contributed by atoms with Gasteiger partial charge in [-0.05, 0) is 31.9 Å². The Balaban J connectivity index is 1.62. The molecule has 2 heterocycles. The number of aromatic nitrogens is 1. The number of nitrogens with zero attached hydrogens (tertiary/aromatic N) is 3. The summed E-state index contributed by atoms with van der Waals surface area (Å²) < 4.78 is 48.6. The van der Waals surface area contributed by atoms with Crippen molar-refractivity contribution >= 4 is 17.3 Å². The third-order valence-corrected chi connectivity index (χ3v) is 4.71. The fourth-order valence-corrected chi connectivity index (χ4v) is 3.22. The molecule has 1 saturated heterocycles. The van der Waals surface area contributed by atoms with Gasteiger partial charge in [0.25, 0.3) is 5.69 Å². The molecule has 1 fully saturated rings. The van der Waals surface area contributed by atoms with Gasteiger partial charge >= 0.3 is 12.1 Å². The lowest BCUT2D eigenvalue weighted by atomic mass is 9.96. The molecule has 1 aliphatic rings. The summed E-state index contributed by atoms with van der Waals surface area (Å²) in [5.74, 6) is -0.206. The van der Waals surface area contributed by atoms with Gasteiger partial charge in [0.2, 0.25) is 0 Å². The van der Waals surface area contributed by atoms with E-state index in [-0.39, 0.29) is 25.4 Å². The molecule has 156 valence electrons. The summed E-state index contributed by atoms with van der Waals surface area (Å²) in [5.41, 5.74) is -1.08. The number of anilines is 1. The molecular formula is C18H18F3N3O5. The molecule has 0 amide bonds. The maximum Gasteiger partial charge on any atom is 0.416 e. The fraction of sp³-hybridized carbons (Fsp3) is 0.444. The molecule has 0 saturated carbocycles. The second-order valence-electron chi connectivity index (χ2n) is 6.76. The van der Waals surface area contributed by atoms with Crippen molar-refractivity contribution in [3.05, 3.63) is 51.4 Å². The van der Waals surface area contributed by atoms with Gasteiger partial charge in [0, 0.05) is 25.2 Å². The van der Waals surface area contributed by atoms with Gasteiger partial charge in [-0.3, -0.25) is 14.9 Å². The first-order valence-corrected chi connectivity index (χ1v) is 8.84. The first-order valence-electron chi connectivity index (χ1n) is 8.84. The highest BCUT2D eigenvalue weighted by molar-refractivity contribution is 5.73. The van der Waals surface area contributed by atoms with Crippen LogP contribution in [0.25, 0.3) is 0 Å². The number of aryl methyl sites for hydroxylation is 1. The smallest absolute Gasteiger partial charge is 0.416 e. The lowest BCUT2D eigenvalue weighted by Crippen LogP contribution is -2.37. The zero-order chi connectivity index (χ0) is 21.2. The Labute approximate surface area is 163 Å². The first kappa shape index (κ1) is 20.6. The minimum atomic E-state index is -4.66. The number of rotatable bonds is 5. The Morgan fingerprint density at radius 1 is 1.34 bits per heavy atom. The van der Waals surface area contributed by atoms with Crippen molar-refractivity contribution in [1.82, 2.24) is 5.16 Å². The Hall–Kier alpha value is -3.11. The number of nitro benzene ring substituents is 1. The van der Waals surface area contributed by atoms with Crippen LogP contribution in [-0.4, -0.2) is 29.1 Å². The molecule has 8 nitrogen and oxygen atoms in total. The fourth-order valence-electron chi connectivity index (χ4n) is 3.22. The molecule has 29 heavy (non-hydrogen) atoms. The molecule has 0 N–H and O–H groups in total. The number of esters is 1. The van der Waals surface area contributed by atoms with Crippen molar-refractivity contribution in [3.8, 4) is 0 Å². The SMILES string of the molecule is Cc1cc(COC(=O)C2CCN(c3ccc(C(F)(F)F)cc3[N+](=O)[O-])CC2)no1. The third kappa shape index (κ3) is 4.84. The molecule has 0 unspecified atom stereocenters. The molecule has 0 atom stereocenters. The Morgan fingerprint density at radius 3 is 2.59 bits per heavy atom. The lowest BCUT2D eigenvalue weighted by Gasteiger charge is -2.32. The number of piperidine rings is 1. The zero-order valence-electron chi connectivity index (χ0n) is 15.4. The van der Waals surface area contributed by atoms with Gasteiger partial charge in [0.15, 0.2) is 0 Å². The van der Waals surface area contributed by atoms with E-state index >= 15 is 0 Å². The van der Waals surface area contributed by atoms with Crippen molar-refractivity contribution in [1.29, 1.82) is 0 Å². The van der Waals surface area contributed by atoms with Crippen LogP contribution in [0.2, 0.25) is 0 Å². The second-order valence-corrected chi connectivity index (χ2v) is 6.76. The zero-order valence-corrected chi connectivity index (χ0v) is 15.4. The van der Waals surface area contributed by atoms with E-state index < -0.39 is 34.2 Å². The van der Waals surface area contributed by atoms with E-state index in [1.807, 2.05) is 0 Å². The van der Waals surface area contributed by atoms with E-state index in [4.69, 9.17) is 9.26 Å². The second kappa shape index (κ2) is 8.10. The lowest BCUT2D eigenvalue weighted by molar-refractivity contribution is -0.384. The normalized spacial score (nSPS) is 15.4. The number of hydrogen-bond donors (Lipinski definition) is 0. The highest BCUT2D eigenvalue weighted by atomic mass is 19.4. The molecule has 0 spiro atoms. The number of halogens is 3. The molecule has 2 aromatic rings. The number of benzene rings is 1. The highest BCUT2D eigenvalue weighted by Crippen LogP contribution is 2.37. The molecule has 0 radical (unpaired) electrons. The van der Waals surface area contributed by atoms with E-state index in [9.17, 15) is 28.1 Å². The minimum absolute atomic E-state index is 0.0131. The quantitative estimate of drug-likeness (QED) is 0.417. The van der Waals surface area contributed by atoms with Gasteiger partial charge < -0.3 is 14.2 Å². The van der Waals surface area contributed by atoms with Crippen molar-refractivity contribution in [2.75, 3.05) is 18.0 Å². The average Bonchev–Trinajstić information content (AvgIpc) is 3.10. The number of hydrogen-bond acceptors (Lipinski definition) is 7. The summed E-state index contributed by atoms with van der Waals surface area (Å²) in [4.78, 5) is 24.3. The summed E-state index contributed by atoms with van der Waals surface area (Å²) >= 11 is 0. The Morgan fingerprint density at radius 2 is 2.03 bits per heavy atom. The number of ether oxygens (including phenoxy) is 1. The van der Waals surface area contributed by atoms with E-state index in [0.717, 1.165) is 12.1 Å². The molecule has 11 heteroatoms. The van der Waals surface area contributed by atoms with Crippen molar-refractivity contribution in [2.45, 2.75) is 32.5 Å². The standard InChI is InChI=1S/C18H18F3N3O5/c1-11-8-14(22-29-11)10-28-17(25)12-4-6-23(7-5-12)15-3-2-13(18(19,20)21)9-16(15)24(26)27/h2-3,8-9,12H,4-7,10H2,1H3. The van der Waals surface area contributed by atoms with Crippen LogP contribution < -0.4 is 4.90 Å². The van der Waals surface area contributed by atoms with E-state index in [1.54, 1.807) is 17.9 Å². The molecule has 0 aliphatic carbocycles. The number of nitro groups is 1. The Kier molecular flexibility index (Phi) is 5.76. The van der Waals surface area contributed by atoms with Crippen LogP contribution in [0.15, 0.2) is 28.8 Å². The van der Waals surface area contributed by atoms with Crippen LogP contribution in [0.1, 0.15) is 29.9 Å². The summed E-state index contributed by atoms with van der Waals surface area (Å²) in [6.07, 6.45) is -3.92. The average molecular weight is 413 g/mol. The van der Waals surface area contributed by atoms with Crippen LogP contribution in [0, 0.1) is 23.0 Å². The maximum absolute atomic E-state index is 12.8. The highest BCUT2D eigenvalue weighted by Gasteiger charge is 2.35. The predicted molar refractivity (Wildman–Crippen MR) is 94.1 cm³/mol. The topological polar surface area (TPSA) is 98.7 Å². The maximum atomic E-state index is 12.8. The van der Waals surface area contributed by atoms with Gasteiger partial charge in [-0.15, -0.1) is 0 Å². The van der Waals surface area contributed by atoms with Crippen LogP contribution in [-0.2, 0) is 22.3 Å². The van der Waals surface area contributed by atoms with Gasteiger partial charge in [-0.2, -0.15) is 13.2 Å². The summed E-state index contributed by atoms with van der Waals surface area (Å²) in [6, 6.07) is 4.12. The van der Waals surface area contributed by atoms with E-state index in [2.05, 4.69) is 5.16 Å². The van der Waals surface area contributed by atoms with E-state index in [1.165, 1.54) is 0 Å². The summed E-state index contributed by atoms with van der Waals surface area (Å²) in [6.45, 7) is 2.28.